The Kier molecular flexibility index (Phi) is 3.82. The van der Waals surface area contributed by atoms with Gasteiger partial charge in [-0.1, -0.05) is 6.07 Å². The van der Waals surface area contributed by atoms with Gasteiger partial charge in [-0.25, -0.2) is 0 Å². The lowest BCUT2D eigenvalue weighted by molar-refractivity contribution is -0.129. The van der Waals surface area contributed by atoms with Gasteiger partial charge in [0.1, 0.15) is 0 Å². The van der Waals surface area contributed by atoms with Crippen molar-refractivity contribution in [1.29, 1.82) is 0 Å². The average Bonchev–Trinajstić information content (AvgIpc) is 2.95. The molecule has 0 spiro atoms. The van der Waals surface area contributed by atoms with Gasteiger partial charge in [-0.2, -0.15) is 0 Å². The van der Waals surface area contributed by atoms with Crippen LogP contribution in [0.2, 0.25) is 0 Å². The van der Waals surface area contributed by atoms with Gasteiger partial charge in [0, 0.05) is 43.9 Å². The van der Waals surface area contributed by atoms with Gasteiger partial charge < -0.3 is 15.5 Å². The molecule has 1 saturated heterocycles. The molecule has 0 aromatic heterocycles. The SMILES string of the molecule is CC(=O)N1CCC(NC(=O)c2ccc3c(c2)NCC3)CC1. The number of nitrogens with zero attached hydrogens (tertiary/aromatic N) is 1. The van der Waals surface area contributed by atoms with E-state index in [9.17, 15) is 9.59 Å². The number of rotatable bonds is 2. The van der Waals surface area contributed by atoms with Crippen LogP contribution in [0.1, 0.15) is 35.7 Å². The van der Waals surface area contributed by atoms with Gasteiger partial charge in [0.2, 0.25) is 5.91 Å². The van der Waals surface area contributed by atoms with Crippen molar-refractivity contribution < 1.29 is 9.59 Å². The number of piperidine rings is 1. The Hall–Kier alpha value is -2.04. The molecule has 1 aromatic carbocycles. The number of carbonyl (C=O) groups is 2. The van der Waals surface area contributed by atoms with E-state index in [4.69, 9.17) is 0 Å². The minimum Gasteiger partial charge on any atom is -0.384 e. The standard InChI is InChI=1S/C16H21N3O2/c1-11(20)19-8-5-14(6-9-19)18-16(21)13-3-2-12-4-7-17-15(12)10-13/h2-3,10,14,17H,4-9H2,1H3,(H,18,21). The first kappa shape index (κ1) is 13.9. The van der Waals surface area contributed by atoms with Crippen LogP contribution < -0.4 is 10.6 Å². The minimum atomic E-state index is -0.0206. The number of fused-ring (bicyclic) bond motifs is 1. The van der Waals surface area contributed by atoms with Gasteiger partial charge in [0.25, 0.3) is 5.91 Å². The van der Waals surface area contributed by atoms with E-state index in [2.05, 4.69) is 10.6 Å². The zero-order valence-corrected chi connectivity index (χ0v) is 12.3. The third-order valence-electron chi connectivity index (χ3n) is 4.36. The number of benzene rings is 1. The predicted molar refractivity (Wildman–Crippen MR) is 81.4 cm³/mol. The number of nitrogens with one attached hydrogen (secondary N) is 2. The van der Waals surface area contributed by atoms with Gasteiger partial charge >= 0.3 is 0 Å². The minimum absolute atomic E-state index is 0.0206. The van der Waals surface area contributed by atoms with E-state index in [-0.39, 0.29) is 17.9 Å². The highest BCUT2D eigenvalue weighted by molar-refractivity contribution is 5.95. The lowest BCUT2D eigenvalue weighted by Crippen LogP contribution is -2.46. The molecule has 21 heavy (non-hydrogen) atoms. The van der Waals surface area contributed by atoms with Gasteiger partial charge in [-0.3, -0.25) is 9.59 Å². The number of likely N-dealkylation sites (tertiary alicyclic amines) is 1. The van der Waals surface area contributed by atoms with Crippen LogP contribution >= 0.6 is 0 Å². The number of hydrogen-bond donors (Lipinski definition) is 2. The normalized spacial score (nSPS) is 18.0. The van der Waals surface area contributed by atoms with Crippen LogP contribution in [0.3, 0.4) is 0 Å². The Bertz CT molecular complexity index is 563. The first-order valence-electron chi connectivity index (χ1n) is 7.56. The van der Waals surface area contributed by atoms with Crippen LogP contribution in [0.5, 0.6) is 0 Å². The number of anilines is 1. The summed E-state index contributed by atoms with van der Waals surface area (Å²) in [7, 11) is 0. The largest absolute Gasteiger partial charge is 0.384 e. The predicted octanol–water partition coefficient (Wildman–Crippen LogP) is 1.40. The van der Waals surface area contributed by atoms with E-state index in [1.54, 1.807) is 6.92 Å². The molecule has 2 heterocycles. The molecular formula is C16H21N3O2. The molecule has 0 radical (unpaired) electrons. The molecule has 112 valence electrons. The van der Waals surface area contributed by atoms with Gasteiger partial charge in [-0.15, -0.1) is 0 Å². The molecule has 1 aromatic rings. The second-order valence-corrected chi connectivity index (χ2v) is 5.80. The van der Waals surface area contributed by atoms with Crippen LogP contribution in [0.25, 0.3) is 0 Å². The van der Waals surface area contributed by atoms with Crippen LogP contribution in [0.15, 0.2) is 18.2 Å². The molecule has 0 bridgehead atoms. The molecule has 5 heteroatoms. The lowest BCUT2D eigenvalue weighted by Gasteiger charge is -2.31. The van der Waals surface area contributed by atoms with Crippen LogP contribution in [0, 0.1) is 0 Å². The fourth-order valence-electron chi connectivity index (χ4n) is 3.04. The molecule has 0 saturated carbocycles. The van der Waals surface area contributed by atoms with Crippen LogP contribution in [-0.2, 0) is 11.2 Å². The van der Waals surface area contributed by atoms with Crippen molar-refractivity contribution in [3.63, 3.8) is 0 Å². The highest BCUT2D eigenvalue weighted by Gasteiger charge is 2.22. The molecular weight excluding hydrogens is 266 g/mol. The fraction of sp³-hybridized carbons (Fsp3) is 0.500. The van der Waals surface area contributed by atoms with Crippen LogP contribution in [-0.4, -0.2) is 42.4 Å². The third kappa shape index (κ3) is 3.01. The van der Waals surface area contributed by atoms with E-state index < -0.39 is 0 Å². The zero-order valence-electron chi connectivity index (χ0n) is 12.3. The molecule has 5 nitrogen and oxygen atoms in total. The average molecular weight is 287 g/mol. The summed E-state index contributed by atoms with van der Waals surface area (Å²) in [6.45, 7) is 4.00. The summed E-state index contributed by atoms with van der Waals surface area (Å²) in [5.41, 5.74) is 3.06. The summed E-state index contributed by atoms with van der Waals surface area (Å²) in [5, 5.41) is 6.37. The first-order chi connectivity index (χ1) is 10.1. The highest BCUT2D eigenvalue weighted by Crippen LogP contribution is 2.23. The summed E-state index contributed by atoms with van der Waals surface area (Å²) in [6.07, 6.45) is 2.68. The smallest absolute Gasteiger partial charge is 0.251 e. The fourth-order valence-corrected chi connectivity index (χ4v) is 3.04. The maximum atomic E-state index is 12.3. The van der Waals surface area contributed by atoms with Crippen molar-refractivity contribution in [2.45, 2.75) is 32.2 Å². The molecule has 0 aliphatic carbocycles. The van der Waals surface area contributed by atoms with Crippen molar-refractivity contribution in [2.24, 2.45) is 0 Å². The number of hydrogen-bond acceptors (Lipinski definition) is 3. The second-order valence-electron chi connectivity index (χ2n) is 5.80. The monoisotopic (exact) mass is 287 g/mol. The summed E-state index contributed by atoms with van der Waals surface area (Å²) in [5.74, 6) is 0.0947. The summed E-state index contributed by atoms with van der Waals surface area (Å²) in [4.78, 5) is 25.4. The summed E-state index contributed by atoms with van der Waals surface area (Å²) in [6, 6.07) is 6.02. The Labute approximate surface area is 124 Å². The van der Waals surface area contributed by atoms with Crippen molar-refractivity contribution in [2.75, 3.05) is 25.0 Å². The topological polar surface area (TPSA) is 61.4 Å². The van der Waals surface area contributed by atoms with E-state index in [0.717, 1.165) is 44.6 Å². The number of carbonyl (C=O) groups excluding carboxylic acids is 2. The highest BCUT2D eigenvalue weighted by atomic mass is 16.2. The quantitative estimate of drug-likeness (QED) is 0.864. The van der Waals surface area contributed by atoms with E-state index in [0.29, 0.717) is 5.56 Å². The van der Waals surface area contributed by atoms with Crippen LogP contribution in [0.4, 0.5) is 5.69 Å². The summed E-state index contributed by atoms with van der Waals surface area (Å²) >= 11 is 0. The Morgan fingerprint density at radius 3 is 2.76 bits per heavy atom. The van der Waals surface area contributed by atoms with Gasteiger partial charge in [0.05, 0.1) is 0 Å². The van der Waals surface area contributed by atoms with Crippen molar-refractivity contribution in [3.8, 4) is 0 Å². The van der Waals surface area contributed by atoms with Crippen molar-refractivity contribution in [3.05, 3.63) is 29.3 Å². The summed E-state index contributed by atoms with van der Waals surface area (Å²) < 4.78 is 0. The Balaban J connectivity index is 1.58. The Morgan fingerprint density at radius 2 is 2.05 bits per heavy atom. The Morgan fingerprint density at radius 1 is 1.29 bits per heavy atom. The molecule has 1 fully saturated rings. The molecule has 2 amide bonds. The molecule has 2 aliphatic rings. The molecule has 0 atom stereocenters. The van der Waals surface area contributed by atoms with Gasteiger partial charge in [-0.05, 0) is 37.0 Å². The molecule has 3 rings (SSSR count). The van der Waals surface area contributed by atoms with E-state index in [1.807, 2.05) is 23.1 Å². The zero-order chi connectivity index (χ0) is 14.8. The molecule has 0 unspecified atom stereocenters. The first-order valence-corrected chi connectivity index (χ1v) is 7.56. The maximum Gasteiger partial charge on any atom is 0.251 e. The van der Waals surface area contributed by atoms with Crippen molar-refractivity contribution in [1.82, 2.24) is 10.2 Å². The maximum absolute atomic E-state index is 12.3. The molecule has 2 N–H and O–H groups in total. The second kappa shape index (κ2) is 5.76. The third-order valence-corrected chi connectivity index (χ3v) is 4.36. The number of amides is 2. The lowest BCUT2D eigenvalue weighted by atomic mass is 10.0. The van der Waals surface area contributed by atoms with Gasteiger partial charge in [0.15, 0.2) is 0 Å². The molecule has 2 aliphatic heterocycles. The van der Waals surface area contributed by atoms with E-state index in [1.165, 1.54) is 5.56 Å². The van der Waals surface area contributed by atoms with Crippen molar-refractivity contribution >= 4 is 17.5 Å². The van der Waals surface area contributed by atoms with E-state index >= 15 is 0 Å².